The van der Waals surface area contributed by atoms with Crippen molar-refractivity contribution in [2.75, 3.05) is 7.11 Å². The van der Waals surface area contributed by atoms with E-state index in [4.69, 9.17) is 5.26 Å². The van der Waals surface area contributed by atoms with Crippen LogP contribution < -0.4 is 0 Å². The Morgan fingerprint density at radius 2 is 2.21 bits per heavy atom. The molecule has 0 aliphatic heterocycles. The lowest BCUT2D eigenvalue weighted by atomic mass is 10.1. The van der Waals surface area contributed by atoms with Gasteiger partial charge in [-0.05, 0) is 24.6 Å². The van der Waals surface area contributed by atoms with Crippen LogP contribution in [0.25, 0.3) is 0 Å². The van der Waals surface area contributed by atoms with Gasteiger partial charge in [-0.1, -0.05) is 0 Å². The molecular weight excluding hydrogens is 182 g/mol. The molecular formula is C10H9NO3. The number of benzene rings is 1. The zero-order valence-electron chi connectivity index (χ0n) is 7.87. The number of carbonyl (C=O) groups is 1. The molecule has 0 radical (unpaired) electrons. The Balaban J connectivity index is 3.30. The smallest absolute Gasteiger partial charge is 0.341 e. The summed E-state index contributed by atoms with van der Waals surface area (Å²) in [7, 11) is 1.23. The first kappa shape index (κ1) is 10.1. The number of aryl methyl sites for hydroxylation is 1. The molecule has 1 aromatic rings. The van der Waals surface area contributed by atoms with Crippen molar-refractivity contribution in [1.29, 1.82) is 5.26 Å². The van der Waals surface area contributed by atoms with Gasteiger partial charge in [0.2, 0.25) is 0 Å². The number of rotatable bonds is 1. The summed E-state index contributed by atoms with van der Waals surface area (Å²) in [5.41, 5.74) is 1.05. The predicted molar refractivity (Wildman–Crippen MR) is 48.9 cm³/mol. The van der Waals surface area contributed by atoms with E-state index in [2.05, 4.69) is 4.74 Å². The van der Waals surface area contributed by atoms with Gasteiger partial charge in [-0.3, -0.25) is 0 Å². The molecule has 0 saturated carbocycles. The van der Waals surface area contributed by atoms with Crippen LogP contribution in [0.3, 0.4) is 0 Å². The van der Waals surface area contributed by atoms with Crippen molar-refractivity contribution in [3.63, 3.8) is 0 Å². The van der Waals surface area contributed by atoms with Crippen LogP contribution in [0.15, 0.2) is 12.1 Å². The minimum atomic E-state index is -0.616. The molecule has 14 heavy (non-hydrogen) atoms. The van der Waals surface area contributed by atoms with E-state index < -0.39 is 5.97 Å². The number of phenolic OH excluding ortho intramolecular Hbond substituents is 1. The Hall–Kier alpha value is -2.02. The zero-order chi connectivity index (χ0) is 10.7. The van der Waals surface area contributed by atoms with E-state index in [1.165, 1.54) is 19.2 Å². The summed E-state index contributed by atoms with van der Waals surface area (Å²) in [6.45, 7) is 1.68. The van der Waals surface area contributed by atoms with Crippen molar-refractivity contribution in [2.24, 2.45) is 0 Å². The first-order chi connectivity index (χ1) is 6.60. The normalized spacial score (nSPS) is 9.21. The van der Waals surface area contributed by atoms with Gasteiger partial charge in [-0.2, -0.15) is 5.26 Å². The number of carbonyl (C=O) groups excluding carboxylic acids is 1. The lowest BCUT2D eigenvalue weighted by molar-refractivity contribution is 0.0597. The molecule has 1 rings (SSSR count). The Bertz CT molecular complexity index is 418. The highest BCUT2D eigenvalue weighted by Gasteiger charge is 2.13. The molecule has 72 valence electrons. The number of methoxy groups -OCH3 is 1. The van der Waals surface area contributed by atoms with E-state index in [1.54, 1.807) is 6.92 Å². The van der Waals surface area contributed by atoms with Gasteiger partial charge in [-0.25, -0.2) is 4.79 Å². The maximum atomic E-state index is 11.1. The van der Waals surface area contributed by atoms with Gasteiger partial charge >= 0.3 is 5.97 Å². The molecule has 0 aliphatic carbocycles. The second kappa shape index (κ2) is 3.79. The Morgan fingerprint density at radius 1 is 1.57 bits per heavy atom. The number of ether oxygens (including phenoxy) is 1. The predicted octanol–water partition coefficient (Wildman–Crippen LogP) is 1.36. The van der Waals surface area contributed by atoms with Crippen molar-refractivity contribution in [3.05, 3.63) is 28.8 Å². The number of hydrogen-bond acceptors (Lipinski definition) is 4. The fourth-order valence-corrected chi connectivity index (χ4v) is 1.09. The average molecular weight is 191 g/mol. The molecule has 0 saturated heterocycles. The molecule has 0 unspecified atom stereocenters. The van der Waals surface area contributed by atoms with Gasteiger partial charge in [0.15, 0.2) is 0 Å². The van der Waals surface area contributed by atoms with E-state index in [9.17, 15) is 9.90 Å². The summed E-state index contributed by atoms with van der Waals surface area (Å²) in [4.78, 5) is 11.1. The maximum absolute atomic E-state index is 11.1. The van der Waals surface area contributed by atoms with Crippen LogP contribution in [0.4, 0.5) is 0 Å². The van der Waals surface area contributed by atoms with Gasteiger partial charge in [0.1, 0.15) is 11.3 Å². The van der Waals surface area contributed by atoms with Crippen LogP contribution in [0, 0.1) is 18.3 Å². The third-order valence-electron chi connectivity index (χ3n) is 1.87. The molecule has 0 atom stereocenters. The molecule has 0 fully saturated rings. The Kier molecular flexibility index (Phi) is 2.73. The summed E-state index contributed by atoms with van der Waals surface area (Å²) in [6, 6.07) is 4.59. The first-order valence-corrected chi connectivity index (χ1v) is 3.92. The van der Waals surface area contributed by atoms with Crippen molar-refractivity contribution in [2.45, 2.75) is 6.92 Å². The minimum absolute atomic E-state index is 0.0731. The number of aromatic hydroxyl groups is 1. The third kappa shape index (κ3) is 1.67. The van der Waals surface area contributed by atoms with Crippen LogP contribution in [0.1, 0.15) is 21.5 Å². The SMILES string of the molecule is COC(=O)c1cc(C)c(C#N)cc1O. The number of hydrogen-bond donors (Lipinski definition) is 1. The first-order valence-electron chi connectivity index (χ1n) is 3.92. The zero-order valence-corrected chi connectivity index (χ0v) is 7.87. The molecule has 0 bridgehead atoms. The monoisotopic (exact) mass is 191 g/mol. The van der Waals surface area contributed by atoms with Crippen molar-refractivity contribution in [1.82, 2.24) is 0 Å². The Morgan fingerprint density at radius 3 is 2.71 bits per heavy atom. The van der Waals surface area contributed by atoms with E-state index in [0.717, 1.165) is 0 Å². The molecule has 4 nitrogen and oxygen atoms in total. The summed E-state index contributed by atoms with van der Waals surface area (Å²) in [6.07, 6.45) is 0. The van der Waals surface area contributed by atoms with E-state index in [1.807, 2.05) is 6.07 Å². The topological polar surface area (TPSA) is 70.3 Å². The molecule has 4 heteroatoms. The highest BCUT2D eigenvalue weighted by atomic mass is 16.5. The molecule has 0 aliphatic rings. The fourth-order valence-electron chi connectivity index (χ4n) is 1.09. The molecule has 0 spiro atoms. The highest BCUT2D eigenvalue weighted by Crippen LogP contribution is 2.22. The lowest BCUT2D eigenvalue weighted by Crippen LogP contribution is -2.02. The molecule has 0 amide bonds. The van der Waals surface area contributed by atoms with Crippen molar-refractivity contribution >= 4 is 5.97 Å². The summed E-state index contributed by atoms with van der Waals surface area (Å²) in [5, 5.41) is 18.0. The van der Waals surface area contributed by atoms with Gasteiger partial charge in [0.05, 0.1) is 18.7 Å². The summed E-state index contributed by atoms with van der Waals surface area (Å²) in [5.74, 6) is -0.853. The maximum Gasteiger partial charge on any atom is 0.341 e. The number of nitriles is 1. The van der Waals surface area contributed by atoms with Gasteiger partial charge in [0.25, 0.3) is 0 Å². The van der Waals surface area contributed by atoms with E-state index in [-0.39, 0.29) is 11.3 Å². The van der Waals surface area contributed by atoms with Gasteiger partial charge < -0.3 is 9.84 Å². The molecule has 1 aromatic carbocycles. The van der Waals surface area contributed by atoms with Crippen LogP contribution >= 0.6 is 0 Å². The number of nitrogens with zero attached hydrogens (tertiary/aromatic N) is 1. The van der Waals surface area contributed by atoms with Crippen LogP contribution in [0.5, 0.6) is 5.75 Å². The number of phenols is 1. The fraction of sp³-hybridized carbons (Fsp3) is 0.200. The van der Waals surface area contributed by atoms with Gasteiger partial charge in [0, 0.05) is 0 Å². The second-order valence-corrected chi connectivity index (χ2v) is 2.79. The third-order valence-corrected chi connectivity index (χ3v) is 1.87. The lowest BCUT2D eigenvalue weighted by Gasteiger charge is -2.04. The van der Waals surface area contributed by atoms with E-state index in [0.29, 0.717) is 11.1 Å². The van der Waals surface area contributed by atoms with Crippen LogP contribution in [0.2, 0.25) is 0 Å². The summed E-state index contributed by atoms with van der Waals surface area (Å²) < 4.78 is 4.46. The van der Waals surface area contributed by atoms with Crippen LogP contribution in [-0.4, -0.2) is 18.2 Å². The second-order valence-electron chi connectivity index (χ2n) is 2.79. The minimum Gasteiger partial charge on any atom is -0.507 e. The van der Waals surface area contributed by atoms with Crippen molar-refractivity contribution < 1.29 is 14.6 Å². The molecule has 1 N–H and O–H groups in total. The summed E-state index contributed by atoms with van der Waals surface area (Å²) >= 11 is 0. The number of esters is 1. The largest absolute Gasteiger partial charge is 0.507 e. The highest BCUT2D eigenvalue weighted by molar-refractivity contribution is 5.92. The quantitative estimate of drug-likeness (QED) is 0.680. The van der Waals surface area contributed by atoms with Crippen LogP contribution in [-0.2, 0) is 4.74 Å². The molecule has 0 aromatic heterocycles. The van der Waals surface area contributed by atoms with Gasteiger partial charge in [-0.15, -0.1) is 0 Å². The molecule has 0 heterocycles. The van der Waals surface area contributed by atoms with Crippen molar-refractivity contribution in [3.8, 4) is 11.8 Å². The standard InChI is InChI=1S/C10H9NO3/c1-6-3-8(10(13)14-2)9(12)4-7(6)5-11/h3-4,12H,1-2H3. The average Bonchev–Trinajstić information content (AvgIpc) is 2.19. The van der Waals surface area contributed by atoms with E-state index >= 15 is 0 Å². The Labute approximate surface area is 81.4 Å².